The second-order valence-corrected chi connectivity index (χ2v) is 10.5. The number of alkyl halides is 3. The minimum atomic E-state index is -4.66. The Morgan fingerprint density at radius 1 is 0.976 bits per heavy atom. The molecular formula is C30H28F3N5O4. The number of carbonyl (C=O) groups excluding carboxylic acids is 4. The van der Waals surface area contributed by atoms with Crippen molar-refractivity contribution < 1.29 is 32.3 Å². The van der Waals surface area contributed by atoms with E-state index in [1.54, 1.807) is 29.2 Å². The van der Waals surface area contributed by atoms with Crippen LogP contribution in [0, 0.1) is 11.3 Å². The Morgan fingerprint density at radius 2 is 1.64 bits per heavy atom. The standard InChI is InChI=1S/C30H28F3N5O4/c1-19(39)35-12-14-36(15-13-35)26(41)18-37-28(21-10-8-20(17-34)9-11-21)27-24(6-3-7-25(27)40)38(29(37)42)23-5-2-4-22(16-23)30(31,32)33/h2,4-5,8-11,16,28H,3,6-7,12-15,18H2,1H3. The fourth-order valence-electron chi connectivity index (χ4n) is 5.75. The van der Waals surface area contributed by atoms with E-state index in [2.05, 4.69) is 0 Å². The van der Waals surface area contributed by atoms with E-state index in [4.69, 9.17) is 0 Å². The van der Waals surface area contributed by atoms with Gasteiger partial charge in [-0.1, -0.05) is 18.2 Å². The summed E-state index contributed by atoms with van der Waals surface area (Å²) in [7, 11) is 0. The third kappa shape index (κ3) is 5.46. The van der Waals surface area contributed by atoms with E-state index >= 15 is 0 Å². The number of nitriles is 1. The Labute approximate surface area is 240 Å². The molecule has 3 aliphatic rings. The SMILES string of the molecule is CC(=O)N1CCN(C(=O)CN2C(=O)N(c3cccc(C(F)(F)F)c3)C3=C(C(=O)CCC3)C2c2ccc(C#N)cc2)CC1. The van der Waals surface area contributed by atoms with Gasteiger partial charge in [-0.25, -0.2) is 4.79 Å². The quantitative estimate of drug-likeness (QED) is 0.539. The lowest BCUT2D eigenvalue weighted by Crippen LogP contribution is -2.57. The van der Waals surface area contributed by atoms with Gasteiger partial charge < -0.3 is 14.7 Å². The molecule has 2 aliphatic heterocycles. The van der Waals surface area contributed by atoms with E-state index < -0.39 is 36.3 Å². The Bertz CT molecular complexity index is 1500. The molecule has 0 N–H and O–H groups in total. The van der Waals surface area contributed by atoms with Crippen LogP contribution in [0.4, 0.5) is 23.7 Å². The van der Waals surface area contributed by atoms with E-state index in [1.165, 1.54) is 28.9 Å². The van der Waals surface area contributed by atoms with Crippen molar-refractivity contribution in [3.8, 4) is 6.07 Å². The fraction of sp³-hybridized carbons (Fsp3) is 0.367. The summed E-state index contributed by atoms with van der Waals surface area (Å²) in [6.07, 6.45) is -3.77. The van der Waals surface area contributed by atoms with Gasteiger partial charge in [0.1, 0.15) is 6.54 Å². The first-order valence-corrected chi connectivity index (χ1v) is 13.6. The molecule has 5 rings (SSSR count). The fourth-order valence-corrected chi connectivity index (χ4v) is 5.75. The molecule has 0 spiro atoms. The molecule has 2 heterocycles. The lowest BCUT2D eigenvalue weighted by molar-refractivity contribution is -0.139. The lowest BCUT2D eigenvalue weighted by atomic mass is 9.83. The van der Waals surface area contributed by atoms with Crippen LogP contribution in [0.5, 0.6) is 0 Å². The van der Waals surface area contributed by atoms with Crippen LogP contribution >= 0.6 is 0 Å². The molecule has 0 bridgehead atoms. The first-order chi connectivity index (χ1) is 20.0. The first kappa shape index (κ1) is 28.9. The predicted octanol–water partition coefficient (Wildman–Crippen LogP) is 4.26. The number of benzene rings is 2. The monoisotopic (exact) mass is 579 g/mol. The second kappa shape index (κ2) is 11.3. The predicted molar refractivity (Wildman–Crippen MR) is 145 cm³/mol. The van der Waals surface area contributed by atoms with Crippen molar-refractivity contribution in [2.24, 2.45) is 0 Å². The molecule has 0 radical (unpaired) electrons. The van der Waals surface area contributed by atoms with Gasteiger partial charge in [0, 0.05) is 50.8 Å². The Kier molecular flexibility index (Phi) is 7.77. The number of Topliss-reactive ketones (excluding diaryl/α,β-unsaturated/α-hetero) is 1. The first-order valence-electron chi connectivity index (χ1n) is 13.6. The number of amides is 4. The summed E-state index contributed by atoms with van der Waals surface area (Å²) in [5, 5.41) is 9.28. The zero-order valence-electron chi connectivity index (χ0n) is 22.9. The highest BCUT2D eigenvalue weighted by molar-refractivity contribution is 6.07. The number of allylic oxidation sites excluding steroid dienone is 1. The van der Waals surface area contributed by atoms with Crippen LogP contribution in [-0.2, 0) is 20.6 Å². The highest BCUT2D eigenvalue weighted by Crippen LogP contribution is 2.44. The molecule has 9 nitrogen and oxygen atoms in total. The summed E-state index contributed by atoms with van der Waals surface area (Å²) in [5.74, 6) is -0.787. The van der Waals surface area contributed by atoms with E-state index in [-0.39, 0.29) is 48.9 Å². The number of urea groups is 1. The van der Waals surface area contributed by atoms with Crippen molar-refractivity contribution in [1.29, 1.82) is 5.26 Å². The highest BCUT2D eigenvalue weighted by Gasteiger charge is 2.46. The summed E-state index contributed by atoms with van der Waals surface area (Å²) < 4.78 is 40.9. The minimum absolute atomic E-state index is 0.0529. The third-order valence-corrected chi connectivity index (χ3v) is 7.89. The van der Waals surface area contributed by atoms with Crippen molar-refractivity contribution in [3.63, 3.8) is 0 Å². The van der Waals surface area contributed by atoms with Crippen LogP contribution in [0.25, 0.3) is 0 Å². The minimum Gasteiger partial charge on any atom is -0.339 e. The molecule has 218 valence electrons. The van der Waals surface area contributed by atoms with Gasteiger partial charge in [-0.3, -0.25) is 19.3 Å². The molecule has 1 saturated heterocycles. The third-order valence-electron chi connectivity index (χ3n) is 7.89. The van der Waals surface area contributed by atoms with Crippen LogP contribution in [0.3, 0.4) is 0 Å². The van der Waals surface area contributed by atoms with Crippen LogP contribution in [0.2, 0.25) is 0 Å². The molecular weight excluding hydrogens is 551 g/mol. The Balaban J connectivity index is 1.60. The average molecular weight is 580 g/mol. The number of hydrogen-bond acceptors (Lipinski definition) is 5. The number of halogens is 3. The van der Waals surface area contributed by atoms with Gasteiger partial charge >= 0.3 is 12.2 Å². The maximum atomic E-state index is 14.3. The number of piperazine rings is 1. The van der Waals surface area contributed by atoms with E-state index in [9.17, 15) is 37.6 Å². The number of ketones is 1. The number of nitrogens with zero attached hydrogens (tertiary/aromatic N) is 5. The van der Waals surface area contributed by atoms with Crippen molar-refractivity contribution in [2.45, 2.75) is 38.4 Å². The number of anilines is 1. The van der Waals surface area contributed by atoms with Gasteiger partial charge in [-0.05, 0) is 48.7 Å². The van der Waals surface area contributed by atoms with Crippen molar-refractivity contribution in [3.05, 3.63) is 76.5 Å². The van der Waals surface area contributed by atoms with E-state index in [1.807, 2.05) is 6.07 Å². The van der Waals surface area contributed by atoms with Gasteiger partial charge in [0.2, 0.25) is 11.8 Å². The van der Waals surface area contributed by atoms with Gasteiger partial charge in [-0.2, -0.15) is 18.4 Å². The van der Waals surface area contributed by atoms with Crippen molar-refractivity contribution in [2.75, 3.05) is 37.6 Å². The van der Waals surface area contributed by atoms with Gasteiger partial charge in [0.25, 0.3) is 0 Å². The topological polar surface area (TPSA) is 105 Å². The average Bonchev–Trinajstić information content (AvgIpc) is 2.97. The molecule has 1 aliphatic carbocycles. The normalized spacial score (nSPS) is 19.5. The molecule has 2 aromatic rings. The Hall–Kier alpha value is -4.66. The molecule has 12 heteroatoms. The smallest absolute Gasteiger partial charge is 0.339 e. The zero-order valence-corrected chi connectivity index (χ0v) is 22.9. The molecule has 1 unspecified atom stereocenters. The maximum absolute atomic E-state index is 14.3. The highest BCUT2D eigenvalue weighted by atomic mass is 19.4. The van der Waals surface area contributed by atoms with Gasteiger partial charge in [0.05, 0.1) is 28.9 Å². The van der Waals surface area contributed by atoms with Gasteiger partial charge in [-0.15, -0.1) is 0 Å². The molecule has 42 heavy (non-hydrogen) atoms. The molecule has 2 aromatic carbocycles. The largest absolute Gasteiger partial charge is 0.416 e. The summed E-state index contributed by atoms with van der Waals surface area (Å²) >= 11 is 0. The molecule has 1 fully saturated rings. The van der Waals surface area contributed by atoms with Crippen molar-refractivity contribution >= 4 is 29.3 Å². The second-order valence-electron chi connectivity index (χ2n) is 10.5. The van der Waals surface area contributed by atoms with E-state index in [0.29, 0.717) is 36.3 Å². The molecule has 1 atom stereocenters. The zero-order chi connectivity index (χ0) is 30.2. The van der Waals surface area contributed by atoms with Crippen LogP contribution in [-0.4, -0.2) is 71.1 Å². The van der Waals surface area contributed by atoms with Crippen LogP contribution < -0.4 is 4.90 Å². The number of hydrogen-bond donors (Lipinski definition) is 0. The van der Waals surface area contributed by atoms with E-state index in [0.717, 1.165) is 17.0 Å². The number of rotatable bonds is 4. The van der Waals surface area contributed by atoms with Gasteiger partial charge in [0.15, 0.2) is 5.78 Å². The summed E-state index contributed by atoms with van der Waals surface area (Å²) in [5.41, 5.74) is 0.422. The molecule has 0 aromatic heterocycles. The van der Waals surface area contributed by atoms with Crippen LogP contribution in [0.1, 0.15) is 48.9 Å². The lowest BCUT2D eigenvalue weighted by Gasteiger charge is -2.45. The molecule has 4 amide bonds. The number of carbonyl (C=O) groups is 4. The van der Waals surface area contributed by atoms with Crippen molar-refractivity contribution in [1.82, 2.24) is 14.7 Å². The molecule has 0 saturated carbocycles. The maximum Gasteiger partial charge on any atom is 0.416 e. The van der Waals surface area contributed by atoms with Crippen LogP contribution in [0.15, 0.2) is 59.8 Å². The Morgan fingerprint density at radius 3 is 2.26 bits per heavy atom. The summed E-state index contributed by atoms with van der Waals surface area (Å²) in [6, 6.07) is 11.0. The summed E-state index contributed by atoms with van der Waals surface area (Å²) in [4.78, 5) is 58.5. The summed E-state index contributed by atoms with van der Waals surface area (Å²) in [6.45, 7) is 2.18.